The van der Waals surface area contributed by atoms with E-state index >= 15 is 0 Å². The van der Waals surface area contributed by atoms with Gasteiger partial charge in [-0.25, -0.2) is 0 Å². The van der Waals surface area contributed by atoms with Crippen molar-refractivity contribution < 1.29 is 9.59 Å². The van der Waals surface area contributed by atoms with Gasteiger partial charge >= 0.3 is 0 Å². The standard InChI is InChI=1S/C22H28N2O2/c1-15(2)20(21(25)23-16(3)18-11-7-5-8-12-18)22(26)24-17(4)19-13-9-6-10-14-19/h5-17,20H,1-4H3,(H,23,25)(H,24,26)/t16-,17-/m1/s1. The number of nitrogens with one attached hydrogen (secondary N) is 2. The van der Waals surface area contributed by atoms with E-state index in [4.69, 9.17) is 0 Å². The van der Waals surface area contributed by atoms with Crippen LogP contribution in [-0.4, -0.2) is 11.8 Å². The summed E-state index contributed by atoms with van der Waals surface area (Å²) in [5.74, 6) is -1.31. The molecule has 0 heterocycles. The van der Waals surface area contributed by atoms with E-state index in [-0.39, 0.29) is 29.8 Å². The second kappa shape index (κ2) is 9.18. The van der Waals surface area contributed by atoms with Crippen LogP contribution in [0.3, 0.4) is 0 Å². The van der Waals surface area contributed by atoms with Gasteiger partial charge in [-0.05, 0) is 30.9 Å². The maximum Gasteiger partial charge on any atom is 0.233 e. The molecule has 0 spiro atoms. The van der Waals surface area contributed by atoms with Gasteiger partial charge in [0.25, 0.3) is 0 Å². The van der Waals surface area contributed by atoms with Crippen LogP contribution in [0.5, 0.6) is 0 Å². The second-order valence-electron chi connectivity index (χ2n) is 7.00. The Morgan fingerprint density at radius 2 is 1.00 bits per heavy atom. The number of hydrogen-bond acceptors (Lipinski definition) is 2. The summed E-state index contributed by atoms with van der Waals surface area (Å²) in [6.45, 7) is 7.64. The van der Waals surface area contributed by atoms with Crippen LogP contribution in [-0.2, 0) is 9.59 Å². The van der Waals surface area contributed by atoms with Crippen LogP contribution in [0.2, 0.25) is 0 Å². The van der Waals surface area contributed by atoms with Crippen molar-refractivity contribution in [3.05, 3.63) is 71.8 Å². The summed E-state index contributed by atoms with van der Waals surface area (Å²) in [6, 6.07) is 19.2. The Labute approximate surface area is 156 Å². The molecule has 138 valence electrons. The van der Waals surface area contributed by atoms with E-state index in [1.54, 1.807) is 0 Å². The van der Waals surface area contributed by atoms with Gasteiger partial charge in [-0.15, -0.1) is 0 Å². The molecular formula is C22H28N2O2. The number of carbonyl (C=O) groups is 2. The van der Waals surface area contributed by atoms with Gasteiger partial charge in [0.1, 0.15) is 5.92 Å². The normalized spacial score (nSPS) is 13.3. The molecular weight excluding hydrogens is 324 g/mol. The van der Waals surface area contributed by atoms with E-state index in [0.717, 1.165) is 11.1 Å². The highest BCUT2D eigenvalue weighted by Crippen LogP contribution is 2.18. The van der Waals surface area contributed by atoms with Crippen LogP contribution >= 0.6 is 0 Å². The summed E-state index contributed by atoms with van der Waals surface area (Å²) in [5.41, 5.74) is 2.03. The molecule has 26 heavy (non-hydrogen) atoms. The van der Waals surface area contributed by atoms with Gasteiger partial charge < -0.3 is 10.6 Å². The molecule has 2 aromatic rings. The van der Waals surface area contributed by atoms with Gasteiger partial charge in [0.2, 0.25) is 11.8 Å². The lowest BCUT2D eigenvalue weighted by atomic mass is 9.92. The van der Waals surface area contributed by atoms with Gasteiger partial charge in [0, 0.05) is 0 Å². The molecule has 4 nitrogen and oxygen atoms in total. The fourth-order valence-corrected chi connectivity index (χ4v) is 2.98. The highest BCUT2D eigenvalue weighted by molar-refractivity contribution is 6.00. The van der Waals surface area contributed by atoms with Crippen molar-refractivity contribution in [1.29, 1.82) is 0 Å². The van der Waals surface area contributed by atoms with Gasteiger partial charge in [-0.1, -0.05) is 74.5 Å². The fraction of sp³-hybridized carbons (Fsp3) is 0.364. The molecule has 0 unspecified atom stereocenters. The zero-order chi connectivity index (χ0) is 19.1. The largest absolute Gasteiger partial charge is 0.349 e. The molecule has 2 N–H and O–H groups in total. The molecule has 0 aromatic heterocycles. The maximum absolute atomic E-state index is 12.8. The number of amides is 2. The third-order valence-electron chi connectivity index (χ3n) is 4.55. The highest BCUT2D eigenvalue weighted by Gasteiger charge is 2.31. The molecule has 0 saturated heterocycles. The van der Waals surface area contributed by atoms with Crippen LogP contribution in [0.25, 0.3) is 0 Å². The first-order valence-electron chi connectivity index (χ1n) is 9.10. The van der Waals surface area contributed by atoms with Crippen molar-refractivity contribution in [2.75, 3.05) is 0 Å². The van der Waals surface area contributed by atoms with Crippen LogP contribution in [0, 0.1) is 11.8 Å². The molecule has 4 heteroatoms. The number of hydrogen-bond donors (Lipinski definition) is 2. The van der Waals surface area contributed by atoms with Crippen molar-refractivity contribution in [2.24, 2.45) is 11.8 Å². The average Bonchev–Trinajstić information content (AvgIpc) is 2.62. The minimum atomic E-state index is -0.729. The molecule has 0 aliphatic rings. The Hall–Kier alpha value is -2.62. The summed E-state index contributed by atoms with van der Waals surface area (Å²) in [4.78, 5) is 25.5. The quantitative estimate of drug-likeness (QED) is 0.740. The molecule has 2 atom stereocenters. The molecule has 2 rings (SSSR count). The van der Waals surface area contributed by atoms with Crippen LogP contribution in [0.15, 0.2) is 60.7 Å². The summed E-state index contributed by atoms with van der Waals surface area (Å²) in [5, 5.41) is 5.94. The van der Waals surface area contributed by atoms with E-state index in [0.29, 0.717) is 0 Å². The number of carbonyl (C=O) groups excluding carboxylic acids is 2. The van der Waals surface area contributed by atoms with E-state index in [2.05, 4.69) is 10.6 Å². The zero-order valence-corrected chi connectivity index (χ0v) is 15.9. The van der Waals surface area contributed by atoms with Gasteiger partial charge in [0.05, 0.1) is 12.1 Å². The summed E-state index contributed by atoms with van der Waals surface area (Å²) in [7, 11) is 0. The van der Waals surface area contributed by atoms with Crippen molar-refractivity contribution in [3.63, 3.8) is 0 Å². The lowest BCUT2D eigenvalue weighted by Crippen LogP contribution is -2.45. The first-order valence-corrected chi connectivity index (χ1v) is 9.10. The summed E-state index contributed by atoms with van der Waals surface area (Å²) in [6.07, 6.45) is 0. The average molecular weight is 352 g/mol. The van der Waals surface area contributed by atoms with Gasteiger partial charge in [0.15, 0.2) is 0 Å². The molecule has 0 saturated carbocycles. The molecule has 2 aromatic carbocycles. The van der Waals surface area contributed by atoms with Crippen molar-refractivity contribution in [2.45, 2.75) is 39.8 Å². The first-order chi connectivity index (χ1) is 12.4. The summed E-state index contributed by atoms with van der Waals surface area (Å²) < 4.78 is 0. The Morgan fingerprint density at radius 1 is 0.654 bits per heavy atom. The highest BCUT2D eigenvalue weighted by atomic mass is 16.2. The zero-order valence-electron chi connectivity index (χ0n) is 15.9. The van der Waals surface area contributed by atoms with Crippen LogP contribution in [0.4, 0.5) is 0 Å². The van der Waals surface area contributed by atoms with Crippen LogP contribution in [0.1, 0.15) is 50.9 Å². The molecule has 0 aliphatic carbocycles. The molecule has 0 fully saturated rings. The maximum atomic E-state index is 12.8. The lowest BCUT2D eigenvalue weighted by Gasteiger charge is -2.24. The third-order valence-corrected chi connectivity index (χ3v) is 4.55. The Kier molecular flexibility index (Phi) is 6.96. The van der Waals surface area contributed by atoms with E-state index in [1.807, 2.05) is 88.4 Å². The number of rotatable bonds is 7. The van der Waals surface area contributed by atoms with E-state index < -0.39 is 5.92 Å². The molecule has 0 bridgehead atoms. The third kappa shape index (κ3) is 5.19. The molecule has 0 radical (unpaired) electrons. The minimum absolute atomic E-state index is 0.0963. The SMILES string of the molecule is CC(C)C(C(=O)N[C@H](C)c1ccccc1)C(=O)N[C@H](C)c1ccccc1. The topological polar surface area (TPSA) is 58.2 Å². The monoisotopic (exact) mass is 352 g/mol. The molecule has 2 amide bonds. The summed E-state index contributed by atoms with van der Waals surface area (Å²) >= 11 is 0. The second-order valence-corrected chi connectivity index (χ2v) is 7.00. The first kappa shape index (κ1) is 19.7. The Bertz CT molecular complexity index is 654. The van der Waals surface area contributed by atoms with Crippen molar-refractivity contribution >= 4 is 11.8 Å². The Balaban J connectivity index is 2.04. The van der Waals surface area contributed by atoms with Crippen LogP contribution < -0.4 is 10.6 Å². The Morgan fingerprint density at radius 3 is 1.31 bits per heavy atom. The van der Waals surface area contributed by atoms with Crippen molar-refractivity contribution in [3.8, 4) is 0 Å². The van der Waals surface area contributed by atoms with E-state index in [1.165, 1.54) is 0 Å². The molecule has 0 aliphatic heterocycles. The number of benzene rings is 2. The van der Waals surface area contributed by atoms with Gasteiger partial charge in [-0.2, -0.15) is 0 Å². The smallest absolute Gasteiger partial charge is 0.233 e. The van der Waals surface area contributed by atoms with E-state index in [9.17, 15) is 9.59 Å². The predicted octanol–water partition coefficient (Wildman–Crippen LogP) is 4.01. The fourth-order valence-electron chi connectivity index (χ4n) is 2.98. The lowest BCUT2D eigenvalue weighted by molar-refractivity contribution is -0.137. The minimum Gasteiger partial charge on any atom is -0.349 e. The van der Waals surface area contributed by atoms with Crippen molar-refractivity contribution in [1.82, 2.24) is 10.6 Å². The predicted molar refractivity (Wildman–Crippen MR) is 104 cm³/mol. The van der Waals surface area contributed by atoms with Gasteiger partial charge in [-0.3, -0.25) is 9.59 Å².